The smallest absolute Gasteiger partial charge is 0.316 e. The van der Waals surface area contributed by atoms with Crippen LogP contribution < -0.4 is 15.4 Å². The number of amides is 2. The van der Waals surface area contributed by atoms with Gasteiger partial charge < -0.3 is 19.9 Å². The lowest BCUT2D eigenvalue weighted by atomic mass is 10.1. The molecule has 2 amide bonds. The van der Waals surface area contributed by atoms with Gasteiger partial charge in [0.05, 0.1) is 11.2 Å². The highest BCUT2D eigenvalue weighted by Gasteiger charge is 2.15. The van der Waals surface area contributed by atoms with Crippen LogP contribution in [0.3, 0.4) is 0 Å². The minimum atomic E-state index is -0.534. The summed E-state index contributed by atoms with van der Waals surface area (Å²) in [6.07, 6.45) is 3.08. The minimum Gasteiger partial charge on any atom is -0.483 e. The molecule has 0 aliphatic carbocycles. The van der Waals surface area contributed by atoms with Gasteiger partial charge in [0, 0.05) is 19.3 Å². The first-order valence-electron chi connectivity index (χ1n) is 9.17. The maximum atomic E-state index is 12.1. The van der Waals surface area contributed by atoms with E-state index >= 15 is 0 Å². The first-order valence-corrected chi connectivity index (χ1v) is 9.54. The van der Waals surface area contributed by atoms with Crippen molar-refractivity contribution in [2.45, 2.75) is 20.4 Å². The molecule has 2 aromatic heterocycles. The molecule has 2 heterocycles. The summed E-state index contributed by atoms with van der Waals surface area (Å²) in [7, 11) is 0. The molecule has 3 aromatic rings. The molecular formula is C19H21ClN6O4. The van der Waals surface area contributed by atoms with Crippen LogP contribution in [0.4, 0.5) is 0 Å². The molecule has 0 atom stereocenters. The number of aryl methyl sites for hydroxylation is 1. The number of aromatic nitrogens is 4. The van der Waals surface area contributed by atoms with Crippen LogP contribution in [0.2, 0.25) is 5.02 Å². The van der Waals surface area contributed by atoms with Gasteiger partial charge in [-0.15, -0.1) is 0 Å². The molecular weight excluding hydrogens is 412 g/mol. The summed E-state index contributed by atoms with van der Waals surface area (Å²) in [5.74, 6) is -0.0380. The zero-order chi connectivity index (χ0) is 21.5. The Morgan fingerprint density at radius 2 is 2.03 bits per heavy atom. The Balaban J connectivity index is 1.36. The van der Waals surface area contributed by atoms with Crippen molar-refractivity contribution in [3.8, 4) is 5.75 Å². The number of carbonyl (C=O) groups is 2. The lowest BCUT2D eigenvalue weighted by Crippen LogP contribution is -2.36. The Morgan fingerprint density at radius 3 is 2.80 bits per heavy atom. The summed E-state index contributed by atoms with van der Waals surface area (Å²) in [6.45, 7) is 4.45. The molecule has 10 nitrogen and oxygen atoms in total. The van der Waals surface area contributed by atoms with Crippen LogP contribution in [0.5, 0.6) is 5.75 Å². The average molecular weight is 433 g/mol. The van der Waals surface area contributed by atoms with Gasteiger partial charge in [-0.25, -0.2) is 0 Å². The molecule has 0 aliphatic rings. The van der Waals surface area contributed by atoms with Crippen molar-refractivity contribution in [2.75, 3.05) is 19.7 Å². The third-order valence-electron chi connectivity index (χ3n) is 4.21. The molecule has 30 heavy (non-hydrogen) atoms. The number of rotatable bonds is 9. The average Bonchev–Trinajstić information content (AvgIpc) is 3.35. The van der Waals surface area contributed by atoms with E-state index in [1.807, 2.05) is 32.0 Å². The normalized spacial score (nSPS) is 10.6. The molecule has 0 aliphatic heterocycles. The summed E-state index contributed by atoms with van der Waals surface area (Å²) < 4.78 is 12.0. The molecule has 1 aromatic carbocycles. The number of nitrogens with zero attached hydrogens (tertiary/aromatic N) is 4. The van der Waals surface area contributed by atoms with Crippen molar-refractivity contribution in [2.24, 2.45) is 0 Å². The second-order valence-corrected chi connectivity index (χ2v) is 6.90. The Bertz CT molecular complexity index is 1030. The van der Waals surface area contributed by atoms with Gasteiger partial charge in [-0.05, 0) is 31.0 Å². The largest absolute Gasteiger partial charge is 0.483 e. The third kappa shape index (κ3) is 5.80. The molecule has 158 valence electrons. The summed E-state index contributed by atoms with van der Waals surface area (Å²) in [5.41, 5.74) is 2.08. The van der Waals surface area contributed by atoms with Crippen LogP contribution in [0, 0.1) is 13.8 Å². The van der Waals surface area contributed by atoms with Crippen molar-refractivity contribution >= 4 is 23.4 Å². The minimum absolute atomic E-state index is 0.108. The van der Waals surface area contributed by atoms with E-state index in [1.54, 1.807) is 6.20 Å². The van der Waals surface area contributed by atoms with E-state index in [9.17, 15) is 9.59 Å². The molecule has 0 saturated heterocycles. The molecule has 0 radical (unpaired) electrons. The SMILES string of the molecule is Cc1cccc(OCC(=O)NCCNC(=O)c2nc(Cn3cc(Cl)cn3)no2)c1C. The third-order valence-corrected chi connectivity index (χ3v) is 4.41. The number of nitrogens with one attached hydrogen (secondary N) is 2. The van der Waals surface area contributed by atoms with E-state index in [0.29, 0.717) is 10.8 Å². The highest BCUT2D eigenvalue weighted by Crippen LogP contribution is 2.20. The predicted molar refractivity (Wildman–Crippen MR) is 107 cm³/mol. The van der Waals surface area contributed by atoms with Gasteiger partial charge in [-0.3, -0.25) is 14.3 Å². The van der Waals surface area contributed by atoms with Crippen LogP contribution in [-0.4, -0.2) is 51.4 Å². The van der Waals surface area contributed by atoms with E-state index in [-0.39, 0.29) is 43.9 Å². The fraction of sp³-hybridized carbons (Fsp3) is 0.316. The maximum Gasteiger partial charge on any atom is 0.316 e. The first-order chi connectivity index (χ1) is 14.4. The number of ether oxygens (including phenoxy) is 1. The zero-order valence-electron chi connectivity index (χ0n) is 16.5. The number of hydrogen-bond acceptors (Lipinski definition) is 7. The van der Waals surface area contributed by atoms with E-state index in [2.05, 4.69) is 25.9 Å². The summed E-state index contributed by atoms with van der Waals surface area (Å²) in [4.78, 5) is 28.0. The van der Waals surface area contributed by atoms with Gasteiger partial charge in [0.1, 0.15) is 12.3 Å². The van der Waals surface area contributed by atoms with Crippen molar-refractivity contribution in [1.29, 1.82) is 0 Å². The Labute approximate surface area is 177 Å². The molecule has 3 rings (SSSR count). The van der Waals surface area contributed by atoms with Crippen LogP contribution in [-0.2, 0) is 11.3 Å². The Morgan fingerprint density at radius 1 is 1.23 bits per heavy atom. The van der Waals surface area contributed by atoms with Gasteiger partial charge in [0.15, 0.2) is 12.4 Å². The van der Waals surface area contributed by atoms with Crippen LogP contribution in [0.25, 0.3) is 0 Å². The van der Waals surface area contributed by atoms with Gasteiger partial charge in [0.2, 0.25) is 0 Å². The Hall–Kier alpha value is -3.40. The van der Waals surface area contributed by atoms with Crippen molar-refractivity contribution in [1.82, 2.24) is 30.6 Å². The van der Waals surface area contributed by atoms with E-state index in [1.165, 1.54) is 10.9 Å². The lowest BCUT2D eigenvalue weighted by Gasteiger charge is -2.11. The molecule has 0 bridgehead atoms. The van der Waals surface area contributed by atoms with Crippen LogP contribution in [0.15, 0.2) is 35.1 Å². The molecule has 0 fully saturated rings. The van der Waals surface area contributed by atoms with Crippen molar-refractivity contribution in [3.05, 3.63) is 58.5 Å². The topological polar surface area (TPSA) is 124 Å². The van der Waals surface area contributed by atoms with Gasteiger partial charge in [-0.2, -0.15) is 10.1 Å². The summed E-state index contributed by atoms with van der Waals surface area (Å²) in [5, 5.41) is 13.5. The fourth-order valence-corrected chi connectivity index (χ4v) is 2.66. The summed E-state index contributed by atoms with van der Waals surface area (Å²) in [6, 6.07) is 5.66. The quantitative estimate of drug-likeness (QED) is 0.491. The zero-order valence-corrected chi connectivity index (χ0v) is 17.3. The standard InChI is InChI=1S/C19H21ClN6O4/c1-12-4-3-5-15(13(12)2)29-11-17(27)21-6-7-22-18(28)19-24-16(25-30-19)10-26-9-14(20)8-23-26/h3-5,8-9H,6-7,10-11H2,1-2H3,(H,21,27)(H,22,28). The number of carbonyl (C=O) groups excluding carboxylic acids is 2. The van der Waals surface area contributed by atoms with Crippen LogP contribution in [0.1, 0.15) is 27.6 Å². The van der Waals surface area contributed by atoms with Crippen molar-refractivity contribution < 1.29 is 18.8 Å². The van der Waals surface area contributed by atoms with E-state index < -0.39 is 5.91 Å². The Kier molecular flexibility index (Phi) is 7.02. The van der Waals surface area contributed by atoms with E-state index in [0.717, 1.165) is 11.1 Å². The highest BCUT2D eigenvalue weighted by atomic mass is 35.5. The predicted octanol–water partition coefficient (Wildman–Crippen LogP) is 1.51. The van der Waals surface area contributed by atoms with E-state index in [4.69, 9.17) is 20.9 Å². The highest BCUT2D eigenvalue weighted by molar-refractivity contribution is 6.30. The maximum absolute atomic E-state index is 12.1. The van der Waals surface area contributed by atoms with Crippen LogP contribution >= 0.6 is 11.6 Å². The lowest BCUT2D eigenvalue weighted by molar-refractivity contribution is -0.123. The molecule has 0 saturated carbocycles. The monoisotopic (exact) mass is 432 g/mol. The molecule has 2 N–H and O–H groups in total. The second kappa shape index (κ2) is 9.88. The molecule has 0 unspecified atom stereocenters. The second-order valence-electron chi connectivity index (χ2n) is 6.46. The first kappa shape index (κ1) is 21.3. The molecule has 11 heteroatoms. The van der Waals surface area contributed by atoms with Crippen molar-refractivity contribution in [3.63, 3.8) is 0 Å². The number of benzene rings is 1. The van der Waals surface area contributed by atoms with Gasteiger partial charge >= 0.3 is 11.8 Å². The van der Waals surface area contributed by atoms with Gasteiger partial charge in [0.25, 0.3) is 5.91 Å². The number of halogens is 1. The van der Waals surface area contributed by atoms with Gasteiger partial charge in [-0.1, -0.05) is 28.9 Å². The fourth-order valence-electron chi connectivity index (χ4n) is 2.51. The summed E-state index contributed by atoms with van der Waals surface area (Å²) >= 11 is 5.79. The molecule has 0 spiro atoms. The number of hydrogen-bond donors (Lipinski definition) is 2.